The Kier molecular flexibility index (Phi) is 3.16. The number of rotatable bonds is 1. The normalized spacial score (nSPS) is 29.9. The molecule has 1 aliphatic heterocycles. The number of pyridine rings is 1. The fourth-order valence-corrected chi connectivity index (χ4v) is 3.51. The van der Waals surface area contributed by atoms with E-state index in [4.69, 9.17) is 5.73 Å². The fraction of sp³-hybridized carbons (Fsp3) is 0.600. The first-order valence-electron chi connectivity index (χ1n) is 7.05. The van der Waals surface area contributed by atoms with Crippen LogP contribution in [0.25, 0.3) is 0 Å². The van der Waals surface area contributed by atoms with Crippen LogP contribution in [-0.2, 0) is 0 Å². The Bertz CT molecular complexity index is 519. The molecule has 0 radical (unpaired) electrons. The Hall–Kier alpha value is -1.60. The predicted octanol–water partition coefficient (Wildman–Crippen LogP) is 1.83. The van der Waals surface area contributed by atoms with Gasteiger partial charge in [-0.2, -0.15) is 5.26 Å². The highest BCUT2D eigenvalue weighted by Gasteiger charge is 2.37. The molecule has 0 bridgehead atoms. The summed E-state index contributed by atoms with van der Waals surface area (Å²) < 4.78 is 0. The number of aromatic nitrogens is 1. The number of hydrogen-bond acceptors (Lipinski definition) is 4. The molecule has 2 aliphatic rings. The summed E-state index contributed by atoms with van der Waals surface area (Å²) in [6.07, 6.45) is 3.48. The highest BCUT2D eigenvalue weighted by atomic mass is 15.2. The maximum Gasteiger partial charge on any atom is 0.146 e. The van der Waals surface area contributed by atoms with E-state index in [9.17, 15) is 5.26 Å². The van der Waals surface area contributed by atoms with Crippen molar-refractivity contribution in [3.63, 3.8) is 0 Å². The van der Waals surface area contributed by atoms with E-state index in [1.807, 2.05) is 19.1 Å². The minimum Gasteiger partial charge on any atom is -0.355 e. The first-order chi connectivity index (χ1) is 9.17. The maximum absolute atomic E-state index is 9.23. The molecular weight excluding hydrogens is 236 g/mol. The summed E-state index contributed by atoms with van der Waals surface area (Å²) in [7, 11) is 0. The Labute approximate surface area is 114 Å². The number of nitriles is 1. The lowest BCUT2D eigenvalue weighted by Crippen LogP contribution is -2.32. The Balaban J connectivity index is 1.85. The van der Waals surface area contributed by atoms with Gasteiger partial charge in [0.15, 0.2) is 0 Å². The summed E-state index contributed by atoms with van der Waals surface area (Å²) in [5, 5.41) is 9.23. The third-order valence-electron chi connectivity index (χ3n) is 4.52. The van der Waals surface area contributed by atoms with Crippen LogP contribution in [0.3, 0.4) is 0 Å². The van der Waals surface area contributed by atoms with Crippen molar-refractivity contribution in [3.05, 3.63) is 23.4 Å². The number of nitrogens with two attached hydrogens (primary N) is 1. The Morgan fingerprint density at radius 1 is 1.32 bits per heavy atom. The highest BCUT2D eigenvalue weighted by Crippen LogP contribution is 2.37. The van der Waals surface area contributed by atoms with Crippen molar-refractivity contribution in [1.82, 2.24) is 4.98 Å². The largest absolute Gasteiger partial charge is 0.355 e. The van der Waals surface area contributed by atoms with Crippen LogP contribution in [0.5, 0.6) is 0 Å². The molecule has 2 heterocycles. The average Bonchev–Trinajstić information content (AvgIpc) is 2.81. The van der Waals surface area contributed by atoms with Crippen LogP contribution in [0.4, 0.5) is 5.82 Å². The van der Waals surface area contributed by atoms with Crippen molar-refractivity contribution >= 4 is 5.82 Å². The molecule has 1 saturated carbocycles. The zero-order valence-electron chi connectivity index (χ0n) is 11.3. The smallest absolute Gasteiger partial charge is 0.146 e. The molecule has 3 rings (SSSR count). The molecule has 2 N–H and O–H groups in total. The van der Waals surface area contributed by atoms with E-state index in [0.29, 0.717) is 17.5 Å². The summed E-state index contributed by atoms with van der Waals surface area (Å²) >= 11 is 0. The molecule has 4 nitrogen and oxygen atoms in total. The van der Waals surface area contributed by atoms with Crippen LogP contribution < -0.4 is 10.6 Å². The summed E-state index contributed by atoms with van der Waals surface area (Å²) in [6, 6.07) is 6.41. The summed E-state index contributed by atoms with van der Waals surface area (Å²) in [4.78, 5) is 6.87. The van der Waals surface area contributed by atoms with Gasteiger partial charge < -0.3 is 10.6 Å². The number of aryl methyl sites for hydroxylation is 1. The van der Waals surface area contributed by atoms with Gasteiger partial charge in [0.25, 0.3) is 0 Å². The van der Waals surface area contributed by atoms with E-state index in [1.54, 1.807) is 0 Å². The molecule has 4 heteroatoms. The van der Waals surface area contributed by atoms with Crippen molar-refractivity contribution in [2.45, 2.75) is 32.2 Å². The molecule has 0 amide bonds. The van der Waals surface area contributed by atoms with Crippen molar-refractivity contribution in [1.29, 1.82) is 5.26 Å². The van der Waals surface area contributed by atoms with Gasteiger partial charge in [0, 0.05) is 24.8 Å². The van der Waals surface area contributed by atoms with Crippen LogP contribution in [0, 0.1) is 30.1 Å². The van der Waals surface area contributed by atoms with Gasteiger partial charge in [-0.25, -0.2) is 4.98 Å². The third-order valence-corrected chi connectivity index (χ3v) is 4.52. The Morgan fingerprint density at radius 2 is 2.11 bits per heavy atom. The van der Waals surface area contributed by atoms with Crippen LogP contribution in [0.15, 0.2) is 12.1 Å². The van der Waals surface area contributed by atoms with E-state index in [-0.39, 0.29) is 0 Å². The first kappa shape index (κ1) is 12.4. The lowest BCUT2D eigenvalue weighted by atomic mass is 9.79. The second kappa shape index (κ2) is 4.82. The molecule has 0 aromatic carbocycles. The zero-order valence-corrected chi connectivity index (χ0v) is 11.3. The van der Waals surface area contributed by atoms with E-state index in [0.717, 1.165) is 43.4 Å². The second-order valence-electron chi connectivity index (χ2n) is 5.93. The molecule has 1 saturated heterocycles. The van der Waals surface area contributed by atoms with Gasteiger partial charge in [0.1, 0.15) is 11.9 Å². The van der Waals surface area contributed by atoms with Crippen molar-refractivity contribution in [2.24, 2.45) is 17.6 Å². The monoisotopic (exact) mass is 256 g/mol. The minimum absolute atomic E-state index is 0.363. The van der Waals surface area contributed by atoms with Crippen LogP contribution in [-0.4, -0.2) is 24.1 Å². The van der Waals surface area contributed by atoms with E-state index >= 15 is 0 Å². The molecule has 1 aromatic rings. The number of fused-ring (bicyclic) bond motifs is 1. The zero-order chi connectivity index (χ0) is 13.4. The quantitative estimate of drug-likeness (QED) is 0.832. The Morgan fingerprint density at radius 3 is 2.89 bits per heavy atom. The second-order valence-corrected chi connectivity index (χ2v) is 5.93. The van der Waals surface area contributed by atoms with E-state index in [2.05, 4.69) is 16.0 Å². The molecule has 1 unspecified atom stereocenters. The summed E-state index contributed by atoms with van der Waals surface area (Å²) in [6.45, 7) is 4.01. The third kappa shape index (κ3) is 2.31. The molecule has 1 aromatic heterocycles. The summed E-state index contributed by atoms with van der Waals surface area (Å²) in [5.74, 6) is 2.27. The van der Waals surface area contributed by atoms with Crippen LogP contribution in [0.1, 0.15) is 30.5 Å². The number of nitrogens with zero attached hydrogens (tertiary/aromatic N) is 3. The standard InChI is InChI=1S/C15H20N4/c1-10-2-3-11(7-16)15(18-10)19-8-12-4-5-14(17)6-13(12)9-19/h2-3,12-14H,4-6,8-9,17H2,1H3/t12-,13+,14?/m1/s1. The first-order valence-corrected chi connectivity index (χ1v) is 7.05. The fourth-order valence-electron chi connectivity index (χ4n) is 3.51. The summed E-state index contributed by atoms with van der Waals surface area (Å²) in [5.41, 5.74) is 7.73. The minimum atomic E-state index is 0.363. The van der Waals surface area contributed by atoms with Crippen LogP contribution >= 0.6 is 0 Å². The van der Waals surface area contributed by atoms with Gasteiger partial charge in [-0.1, -0.05) is 0 Å². The molecule has 100 valence electrons. The van der Waals surface area contributed by atoms with Gasteiger partial charge >= 0.3 is 0 Å². The topological polar surface area (TPSA) is 65.9 Å². The highest BCUT2D eigenvalue weighted by molar-refractivity contribution is 5.55. The van der Waals surface area contributed by atoms with E-state index < -0.39 is 0 Å². The lowest BCUT2D eigenvalue weighted by molar-refractivity contribution is 0.271. The van der Waals surface area contributed by atoms with Gasteiger partial charge in [-0.15, -0.1) is 0 Å². The number of anilines is 1. The van der Waals surface area contributed by atoms with Gasteiger partial charge in [0.05, 0.1) is 5.56 Å². The van der Waals surface area contributed by atoms with Crippen molar-refractivity contribution < 1.29 is 0 Å². The van der Waals surface area contributed by atoms with Crippen molar-refractivity contribution in [3.8, 4) is 6.07 Å². The van der Waals surface area contributed by atoms with E-state index in [1.165, 1.54) is 6.42 Å². The van der Waals surface area contributed by atoms with Gasteiger partial charge in [-0.3, -0.25) is 0 Å². The van der Waals surface area contributed by atoms with Crippen molar-refractivity contribution in [2.75, 3.05) is 18.0 Å². The van der Waals surface area contributed by atoms with Gasteiger partial charge in [0.2, 0.25) is 0 Å². The predicted molar refractivity (Wildman–Crippen MR) is 74.7 cm³/mol. The average molecular weight is 256 g/mol. The molecule has 19 heavy (non-hydrogen) atoms. The molecule has 2 fully saturated rings. The lowest BCUT2D eigenvalue weighted by Gasteiger charge is -2.27. The molecule has 1 aliphatic carbocycles. The van der Waals surface area contributed by atoms with Crippen LogP contribution in [0.2, 0.25) is 0 Å². The SMILES string of the molecule is Cc1ccc(C#N)c(N2C[C@H]3CCC(N)C[C@H]3C2)n1. The molecule has 3 atom stereocenters. The molecular formula is C15H20N4. The molecule has 0 spiro atoms. The number of hydrogen-bond donors (Lipinski definition) is 1. The maximum atomic E-state index is 9.23. The van der Waals surface area contributed by atoms with Gasteiger partial charge in [-0.05, 0) is 50.2 Å².